The second-order valence-corrected chi connectivity index (χ2v) is 6.21. The van der Waals surface area contributed by atoms with Gasteiger partial charge in [-0.3, -0.25) is 4.98 Å². The Hall–Kier alpha value is -0.970. The molecule has 0 aliphatic rings. The van der Waals surface area contributed by atoms with E-state index in [2.05, 4.69) is 41.7 Å². The number of thiophene rings is 1. The van der Waals surface area contributed by atoms with E-state index in [1.165, 1.54) is 10.3 Å². The lowest BCUT2D eigenvalue weighted by atomic mass is 9.93. The van der Waals surface area contributed by atoms with Gasteiger partial charge in [0.05, 0.1) is 10.2 Å². The van der Waals surface area contributed by atoms with E-state index in [1.54, 1.807) is 18.4 Å². The quantitative estimate of drug-likeness (QED) is 0.798. The van der Waals surface area contributed by atoms with Gasteiger partial charge in [0.15, 0.2) is 0 Å². The summed E-state index contributed by atoms with van der Waals surface area (Å²) in [6, 6.07) is 4.71. The SMILES string of the molecule is CCCNC(c1cnc2ccsc2c1)C(C)CCOC. The van der Waals surface area contributed by atoms with Crippen molar-refractivity contribution in [2.75, 3.05) is 20.3 Å². The third kappa shape index (κ3) is 3.78. The summed E-state index contributed by atoms with van der Waals surface area (Å²) in [6.07, 6.45) is 4.22. The zero-order chi connectivity index (χ0) is 14.4. The molecule has 0 aliphatic carbocycles. The van der Waals surface area contributed by atoms with Crippen LogP contribution in [-0.2, 0) is 4.74 Å². The standard InChI is InChI=1S/C16H24N2OS/c1-4-7-17-16(12(2)5-8-19-3)13-10-15-14(18-11-13)6-9-20-15/h6,9-12,16-17H,4-5,7-8H2,1-3H3. The van der Waals surface area contributed by atoms with Gasteiger partial charge in [0, 0.05) is 26.0 Å². The van der Waals surface area contributed by atoms with Crippen molar-refractivity contribution in [1.82, 2.24) is 10.3 Å². The molecule has 110 valence electrons. The van der Waals surface area contributed by atoms with E-state index in [-0.39, 0.29) is 0 Å². The molecule has 20 heavy (non-hydrogen) atoms. The molecular formula is C16H24N2OS. The summed E-state index contributed by atoms with van der Waals surface area (Å²) in [5, 5.41) is 5.76. The van der Waals surface area contributed by atoms with Crippen LogP contribution < -0.4 is 5.32 Å². The number of hydrogen-bond donors (Lipinski definition) is 1. The molecule has 2 aromatic rings. The average Bonchev–Trinajstić information content (AvgIpc) is 2.93. The lowest BCUT2D eigenvalue weighted by Gasteiger charge is -2.25. The average molecular weight is 292 g/mol. The molecule has 2 heterocycles. The molecule has 0 saturated carbocycles. The Labute approximate surface area is 125 Å². The molecule has 0 amide bonds. The molecular weight excluding hydrogens is 268 g/mol. The third-order valence-electron chi connectivity index (χ3n) is 3.64. The number of hydrogen-bond acceptors (Lipinski definition) is 4. The first kappa shape index (κ1) is 15.4. The Bertz CT molecular complexity index is 526. The van der Waals surface area contributed by atoms with Crippen LogP contribution in [0.5, 0.6) is 0 Å². The van der Waals surface area contributed by atoms with Crippen molar-refractivity contribution in [2.24, 2.45) is 5.92 Å². The molecule has 0 saturated heterocycles. The molecule has 0 aliphatic heterocycles. The molecule has 3 nitrogen and oxygen atoms in total. The zero-order valence-electron chi connectivity index (χ0n) is 12.6. The molecule has 0 radical (unpaired) electrons. The van der Waals surface area contributed by atoms with Crippen LogP contribution in [0.15, 0.2) is 23.7 Å². The highest BCUT2D eigenvalue weighted by atomic mass is 32.1. The molecule has 0 bridgehead atoms. The van der Waals surface area contributed by atoms with E-state index in [4.69, 9.17) is 4.74 Å². The first-order valence-corrected chi connectivity index (χ1v) is 8.19. The van der Waals surface area contributed by atoms with Crippen molar-refractivity contribution in [3.05, 3.63) is 29.3 Å². The first-order valence-electron chi connectivity index (χ1n) is 7.31. The maximum atomic E-state index is 5.22. The normalized spacial score (nSPS) is 14.6. The second kappa shape index (κ2) is 7.72. The van der Waals surface area contributed by atoms with Crippen LogP contribution in [0.1, 0.15) is 38.3 Å². The zero-order valence-corrected chi connectivity index (χ0v) is 13.4. The number of pyridine rings is 1. The maximum Gasteiger partial charge on any atom is 0.0809 e. The van der Waals surface area contributed by atoms with Crippen LogP contribution in [0.25, 0.3) is 10.2 Å². The number of ether oxygens (including phenoxy) is 1. The van der Waals surface area contributed by atoms with Crippen molar-refractivity contribution >= 4 is 21.6 Å². The van der Waals surface area contributed by atoms with E-state index in [1.807, 2.05) is 6.20 Å². The van der Waals surface area contributed by atoms with Crippen molar-refractivity contribution in [3.8, 4) is 0 Å². The Morgan fingerprint density at radius 2 is 2.30 bits per heavy atom. The number of nitrogens with one attached hydrogen (secondary N) is 1. The number of nitrogens with zero attached hydrogens (tertiary/aromatic N) is 1. The molecule has 0 spiro atoms. The van der Waals surface area contributed by atoms with Gasteiger partial charge in [0.1, 0.15) is 0 Å². The highest BCUT2D eigenvalue weighted by Gasteiger charge is 2.19. The van der Waals surface area contributed by atoms with E-state index in [0.29, 0.717) is 12.0 Å². The minimum absolute atomic E-state index is 0.351. The molecule has 1 N–H and O–H groups in total. The fourth-order valence-electron chi connectivity index (χ4n) is 2.45. The summed E-state index contributed by atoms with van der Waals surface area (Å²) in [6.45, 7) is 6.32. The molecule has 2 aromatic heterocycles. The number of rotatable bonds is 8. The predicted octanol–water partition coefficient (Wildman–Crippen LogP) is 4.01. The van der Waals surface area contributed by atoms with Gasteiger partial charge in [-0.25, -0.2) is 0 Å². The molecule has 4 heteroatoms. The molecule has 2 unspecified atom stereocenters. The maximum absolute atomic E-state index is 5.22. The predicted molar refractivity (Wildman–Crippen MR) is 86.3 cm³/mol. The van der Waals surface area contributed by atoms with Crippen molar-refractivity contribution in [2.45, 2.75) is 32.7 Å². The van der Waals surface area contributed by atoms with Gasteiger partial charge < -0.3 is 10.1 Å². The number of aromatic nitrogens is 1. The summed E-state index contributed by atoms with van der Waals surface area (Å²) >= 11 is 1.76. The Morgan fingerprint density at radius 1 is 1.45 bits per heavy atom. The number of methoxy groups -OCH3 is 1. The van der Waals surface area contributed by atoms with Gasteiger partial charge in [-0.05, 0) is 48.4 Å². The smallest absolute Gasteiger partial charge is 0.0809 e. The molecule has 2 rings (SSSR count). The van der Waals surface area contributed by atoms with Gasteiger partial charge >= 0.3 is 0 Å². The van der Waals surface area contributed by atoms with Crippen LogP contribution in [-0.4, -0.2) is 25.2 Å². The van der Waals surface area contributed by atoms with Crippen molar-refractivity contribution in [1.29, 1.82) is 0 Å². The largest absolute Gasteiger partial charge is 0.385 e. The van der Waals surface area contributed by atoms with Crippen molar-refractivity contribution < 1.29 is 4.74 Å². The molecule has 2 atom stereocenters. The Balaban J connectivity index is 2.19. The van der Waals surface area contributed by atoms with Gasteiger partial charge in [0.2, 0.25) is 0 Å². The van der Waals surface area contributed by atoms with E-state index in [0.717, 1.165) is 31.5 Å². The summed E-state index contributed by atoms with van der Waals surface area (Å²) in [4.78, 5) is 4.57. The first-order chi connectivity index (χ1) is 9.76. The highest BCUT2D eigenvalue weighted by Crippen LogP contribution is 2.28. The van der Waals surface area contributed by atoms with Crippen LogP contribution in [0.3, 0.4) is 0 Å². The van der Waals surface area contributed by atoms with Crippen LogP contribution >= 0.6 is 11.3 Å². The van der Waals surface area contributed by atoms with E-state index >= 15 is 0 Å². The molecule has 0 fully saturated rings. The van der Waals surface area contributed by atoms with E-state index in [9.17, 15) is 0 Å². The monoisotopic (exact) mass is 292 g/mol. The van der Waals surface area contributed by atoms with Crippen molar-refractivity contribution in [3.63, 3.8) is 0 Å². The van der Waals surface area contributed by atoms with E-state index < -0.39 is 0 Å². The fourth-order valence-corrected chi connectivity index (χ4v) is 3.24. The summed E-state index contributed by atoms with van der Waals surface area (Å²) < 4.78 is 6.49. The lowest BCUT2D eigenvalue weighted by Crippen LogP contribution is -2.28. The fraction of sp³-hybridized carbons (Fsp3) is 0.562. The third-order valence-corrected chi connectivity index (χ3v) is 4.50. The van der Waals surface area contributed by atoms with Crippen LogP contribution in [0.2, 0.25) is 0 Å². The number of fused-ring (bicyclic) bond motifs is 1. The van der Waals surface area contributed by atoms with Gasteiger partial charge in [-0.2, -0.15) is 0 Å². The summed E-state index contributed by atoms with van der Waals surface area (Å²) in [5.74, 6) is 0.528. The molecule has 0 aromatic carbocycles. The van der Waals surface area contributed by atoms with Crippen LogP contribution in [0, 0.1) is 5.92 Å². The highest BCUT2D eigenvalue weighted by molar-refractivity contribution is 7.17. The lowest BCUT2D eigenvalue weighted by molar-refractivity contribution is 0.170. The second-order valence-electron chi connectivity index (χ2n) is 5.26. The summed E-state index contributed by atoms with van der Waals surface area (Å²) in [5.41, 5.74) is 2.38. The van der Waals surface area contributed by atoms with Gasteiger partial charge in [-0.1, -0.05) is 13.8 Å². The topological polar surface area (TPSA) is 34.2 Å². The van der Waals surface area contributed by atoms with Gasteiger partial charge in [-0.15, -0.1) is 11.3 Å². The Morgan fingerprint density at radius 3 is 3.05 bits per heavy atom. The minimum Gasteiger partial charge on any atom is -0.385 e. The minimum atomic E-state index is 0.351. The van der Waals surface area contributed by atoms with Crippen LogP contribution in [0.4, 0.5) is 0 Å². The summed E-state index contributed by atoms with van der Waals surface area (Å²) in [7, 11) is 1.76. The Kier molecular flexibility index (Phi) is 5.95. The van der Waals surface area contributed by atoms with Gasteiger partial charge in [0.25, 0.3) is 0 Å².